The van der Waals surface area contributed by atoms with E-state index in [1.165, 1.54) is 0 Å². The lowest BCUT2D eigenvalue weighted by Crippen LogP contribution is -2.13. The van der Waals surface area contributed by atoms with Crippen LogP contribution in [-0.2, 0) is 13.1 Å². The minimum atomic E-state index is 0.640. The highest BCUT2D eigenvalue weighted by Crippen LogP contribution is 2.26. The van der Waals surface area contributed by atoms with Crippen LogP contribution >= 0.6 is 11.6 Å². The van der Waals surface area contributed by atoms with E-state index >= 15 is 0 Å². The van der Waals surface area contributed by atoms with Gasteiger partial charge < -0.3 is 14.8 Å². The average molecular weight is 317 g/mol. The first-order valence-electron chi connectivity index (χ1n) is 7.06. The highest BCUT2D eigenvalue weighted by atomic mass is 35.5. The van der Waals surface area contributed by atoms with Crippen molar-refractivity contribution in [3.63, 3.8) is 0 Å². The molecule has 6 heteroatoms. The first-order valence-corrected chi connectivity index (χ1v) is 7.43. The largest absolute Gasteiger partial charge is 0.356 e. The number of aromatic amines is 1. The molecule has 0 fully saturated rings. The number of aryl methyl sites for hydroxylation is 1. The van der Waals surface area contributed by atoms with Crippen molar-refractivity contribution in [2.75, 3.05) is 0 Å². The second-order valence-electron chi connectivity index (χ2n) is 5.19. The first kappa shape index (κ1) is 14.8. The van der Waals surface area contributed by atoms with Crippen LogP contribution < -0.4 is 5.32 Å². The number of aromatic nitrogens is 3. The fourth-order valence-corrected chi connectivity index (χ4v) is 2.41. The molecule has 22 heavy (non-hydrogen) atoms. The maximum Gasteiger partial charge on any atom is 0.170 e. The molecule has 0 aliphatic carbocycles. The second-order valence-corrected chi connectivity index (χ2v) is 5.62. The van der Waals surface area contributed by atoms with Crippen molar-refractivity contribution in [2.24, 2.45) is 0 Å². The lowest BCUT2D eigenvalue weighted by molar-refractivity contribution is 0.419. The van der Waals surface area contributed by atoms with Crippen molar-refractivity contribution < 1.29 is 4.52 Å². The lowest BCUT2D eigenvalue weighted by atomic mass is 10.1. The number of H-pyrrole nitrogens is 1. The van der Waals surface area contributed by atoms with Gasteiger partial charge in [0.2, 0.25) is 0 Å². The molecule has 0 aliphatic heterocycles. The molecule has 2 N–H and O–H groups in total. The molecule has 0 radical (unpaired) electrons. The van der Waals surface area contributed by atoms with Crippen molar-refractivity contribution in [3.05, 3.63) is 58.3 Å². The average Bonchev–Trinajstić information content (AvgIpc) is 3.07. The van der Waals surface area contributed by atoms with Crippen molar-refractivity contribution in [1.29, 1.82) is 0 Å². The zero-order valence-corrected chi connectivity index (χ0v) is 13.2. The van der Waals surface area contributed by atoms with Gasteiger partial charge in [-0.1, -0.05) is 16.8 Å². The van der Waals surface area contributed by atoms with Crippen molar-refractivity contribution >= 4 is 11.6 Å². The summed E-state index contributed by atoms with van der Waals surface area (Å²) >= 11 is 5.91. The molecule has 0 saturated carbocycles. The standard InChI is InChI=1S/C16H17ClN4O/c1-10-15(9-18-7-14-8-19-11(2)20-14)21-22-16(10)12-3-5-13(17)6-4-12/h3-6,8,18H,7,9H2,1-2H3,(H,19,20). The minimum absolute atomic E-state index is 0.640. The van der Waals surface area contributed by atoms with Gasteiger partial charge in [-0.05, 0) is 38.1 Å². The molecule has 2 aromatic heterocycles. The molecule has 0 aliphatic rings. The summed E-state index contributed by atoms with van der Waals surface area (Å²) in [5.74, 6) is 1.70. The van der Waals surface area contributed by atoms with E-state index in [9.17, 15) is 0 Å². The normalized spacial score (nSPS) is 11.0. The fraction of sp³-hybridized carbons (Fsp3) is 0.250. The third-order valence-corrected chi connectivity index (χ3v) is 3.74. The topological polar surface area (TPSA) is 66.7 Å². The summed E-state index contributed by atoms with van der Waals surface area (Å²) in [6, 6.07) is 7.55. The molecule has 2 heterocycles. The van der Waals surface area contributed by atoms with E-state index in [1.54, 1.807) is 0 Å². The highest BCUT2D eigenvalue weighted by molar-refractivity contribution is 6.30. The zero-order valence-electron chi connectivity index (χ0n) is 12.5. The van der Waals surface area contributed by atoms with E-state index < -0.39 is 0 Å². The number of benzene rings is 1. The number of hydrogen-bond donors (Lipinski definition) is 2. The number of hydrogen-bond acceptors (Lipinski definition) is 4. The summed E-state index contributed by atoms with van der Waals surface area (Å²) in [7, 11) is 0. The molecular formula is C16H17ClN4O. The number of halogens is 1. The Kier molecular flexibility index (Phi) is 4.27. The van der Waals surface area contributed by atoms with Crippen LogP contribution in [0.3, 0.4) is 0 Å². The number of imidazole rings is 1. The van der Waals surface area contributed by atoms with Crippen molar-refractivity contribution in [3.8, 4) is 11.3 Å². The molecular weight excluding hydrogens is 300 g/mol. The third kappa shape index (κ3) is 3.21. The Balaban J connectivity index is 1.66. The van der Waals surface area contributed by atoms with Crippen LogP contribution in [0.5, 0.6) is 0 Å². The fourth-order valence-electron chi connectivity index (χ4n) is 2.28. The molecule has 1 aromatic carbocycles. The highest BCUT2D eigenvalue weighted by Gasteiger charge is 2.13. The maximum atomic E-state index is 5.91. The Morgan fingerprint density at radius 3 is 2.64 bits per heavy atom. The molecule has 3 rings (SSSR count). The molecule has 0 saturated heterocycles. The SMILES string of the molecule is Cc1ncc(CNCc2noc(-c3ccc(Cl)cc3)c2C)[nH]1. The van der Waals surface area contributed by atoms with E-state index in [-0.39, 0.29) is 0 Å². The van der Waals surface area contributed by atoms with E-state index in [0.717, 1.165) is 34.1 Å². The quantitative estimate of drug-likeness (QED) is 0.754. The Labute approximate surface area is 133 Å². The third-order valence-electron chi connectivity index (χ3n) is 3.49. The van der Waals surface area contributed by atoms with Crippen LogP contribution in [0.4, 0.5) is 0 Å². The minimum Gasteiger partial charge on any atom is -0.356 e. The van der Waals surface area contributed by atoms with Gasteiger partial charge in [0.25, 0.3) is 0 Å². The Hall–Kier alpha value is -2.11. The zero-order chi connectivity index (χ0) is 15.5. The molecule has 5 nitrogen and oxygen atoms in total. The van der Waals surface area contributed by atoms with Gasteiger partial charge in [0, 0.05) is 41.1 Å². The monoisotopic (exact) mass is 316 g/mol. The molecule has 0 atom stereocenters. The molecule has 114 valence electrons. The van der Waals surface area contributed by atoms with E-state index in [1.807, 2.05) is 44.3 Å². The van der Waals surface area contributed by atoms with Crippen molar-refractivity contribution in [1.82, 2.24) is 20.4 Å². The van der Waals surface area contributed by atoms with Crippen LogP contribution in [0.15, 0.2) is 35.0 Å². The van der Waals surface area contributed by atoms with Gasteiger partial charge in [0.1, 0.15) is 11.5 Å². The molecule has 0 bridgehead atoms. The lowest BCUT2D eigenvalue weighted by Gasteiger charge is -2.01. The van der Waals surface area contributed by atoms with E-state index in [0.29, 0.717) is 18.1 Å². The Bertz CT molecular complexity index is 761. The predicted octanol–water partition coefficient (Wildman–Crippen LogP) is 3.62. The molecule has 0 spiro atoms. The van der Waals surface area contributed by atoms with Gasteiger partial charge >= 0.3 is 0 Å². The predicted molar refractivity (Wildman–Crippen MR) is 85.6 cm³/mol. The summed E-state index contributed by atoms with van der Waals surface area (Å²) in [6.45, 7) is 5.30. The number of rotatable bonds is 5. The second kappa shape index (κ2) is 6.34. The smallest absolute Gasteiger partial charge is 0.170 e. The number of nitrogens with one attached hydrogen (secondary N) is 2. The summed E-state index contributed by atoms with van der Waals surface area (Å²) in [5, 5.41) is 8.19. The van der Waals surface area contributed by atoms with Crippen LogP contribution in [0, 0.1) is 13.8 Å². The summed E-state index contributed by atoms with van der Waals surface area (Å²) in [6.07, 6.45) is 1.83. The molecule has 0 amide bonds. The van der Waals surface area contributed by atoms with Gasteiger partial charge in [0.05, 0.1) is 0 Å². The summed E-state index contributed by atoms with van der Waals surface area (Å²) in [4.78, 5) is 7.35. The molecule has 3 aromatic rings. The van der Waals surface area contributed by atoms with Gasteiger partial charge in [0.15, 0.2) is 5.76 Å². The van der Waals surface area contributed by atoms with Crippen LogP contribution in [0.2, 0.25) is 5.02 Å². The van der Waals surface area contributed by atoms with Gasteiger partial charge in [-0.2, -0.15) is 0 Å². The Morgan fingerprint density at radius 2 is 1.95 bits per heavy atom. The summed E-state index contributed by atoms with van der Waals surface area (Å²) < 4.78 is 5.47. The van der Waals surface area contributed by atoms with E-state index in [4.69, 9.17) is 16.1 Å². The summed E-state index contributed by atoms with van der Waals surface area (Å²) in [5.41, 5.74) is 3.97. The van der Waals surface area contributed by atoms with Gasteiger partial charge in [-0.3, -0.25) is 0 Å². The van der Waals surface area contributed by atoms with Crippen LogP contribution in [0.1, 0.15) is 22.8 Å². The Morgan fingerprint density at radius 1 is 1.18 bits per heavy atom. The van der Waals surface area contributed by atoms with Crippen LogP contribution in [0.25, 0.3) is 11.3 Å². The maximum absolute atomic E-state index is 5.91. The van der Waals surface area contributed by atoms with E-state index in [2.05, 4.69) is 20.4 Å². The first-order chi connectivity index (χ1) is 10.6. The van der Waals surface area contributed by atoms with Crippen LogP contribution in [-0.4, -0.2) is 15.1 Å². The molecule has 0 unspecified atom stereocenters. The van der Waals surface area contributed by atoms with Crippen molar-refractivity contribution in [2.45, 2.75) is 26.9 Å². The number of nitrogens with zero attached hydrogens (tertiary/aromatic N) is 2. The van der Waals surface area contributed by atoms with Gasteiger partial charge in [-0.25, -0.2) is 4.98 Å². The van der Waals surface area contributed by atoms with Gasteiger partial charge in [-0.15, -0.1) is 0 Å².